The van der Waals surface area contributed by atoms with Crippen LogP contribution in [0.5, 0.6) is 0 Å². The molecule has 2 heterocycles. The van der Waals surface area contributed by atoms with Crippen molar-refractivity contribution < 1.29 is 23.7 Å². The lowest BCUT2D eigenvalue weighted by Gasteiger charge is -2.26. The zero-order valence-electron chi connectivity index (χ0n) is 21.9. The zero-order valence-corrected chi connectivity index (χ0v) is 21.9. The van der Waals surface area contributed by atoms with E-state index in [1.165, 1.54) is 5.56 Å². The van der Waals surface area contributed by atoms with Crippen LogP contribution >= 0.6 is 0 Å². The van der Waals surface area contributed by atoms with Crippen molar-refractivity contribution in [3.05, 3.63) is 77.5 Å². The van der Waals surface area contributed by atoms with Crippen molar-refractivity contribution in [3.8, 4) is 0 Å². The monoisotopic (exact) mass is 497 g/mol. The van der Waals surface area contributed by atoms with Crippen LogP contribution in [0.3, 0.4) is 0 Å². The highest BCUT2D eigenvalue weighted by molar-refractivity contribution is 6.43. The van der Waals surface area contributed by atoms with Crippen molar-refractivity contribution in [3.63, 3.8) is 0 Å². The second kappa shape index (κ2) is 9.58. The molecule has 0 radical (unpaired) electrons. The third kappa shape index (κ3) is 4.14. The Bertz CT molecular complexity index is 1450. The molecule has 0 atom stereocenters. The van der Waals surface area contributed by atoms with Crippen molar-refractivity contribution in [1.29, 1.82) is 0 Å². The molecule has 0 unspecified atom stereocenters. The fourth-order valence-electron chi connectivity index (χ4n) is 5.65. The summed E-state index contributed by atoms with van der Waals surface area (Å²) in [4.78, 5) is 37.6. The third-order valence-electron chi connectivity index (χ3n) is 7.71. The predicted octanol–water partition coefficient (Wildman–Crippen LogP) is 5.10. The summed E-state index contributed by atoms with van der Waals surface area (Å²) in [5.74, 6) is -0.545. The predicted molar refractivity (Wildman–Crippen MR) is 144 cm³/mol. The first-order chi connectivity index (χ1) is 17.8. The lowest BCUT2D eigenvalue weighted by molar-refractivity contribution is -0.439. The number of ether oxygens (including phenoxy) is 1. The van der Waals surface area contributed by atoms with E-state index in [4.69, 9.17) is 4.74 Å². The highest BCUT2D eigenvalue weighted by Crippen LogP contribution is 2.43. The summed E-state index contributed by atoms with van der Waals surface area (Å²) in [5, 5.41) is 0.874. The molecular weight excluding hydrogens is 464 g/mol. The number of rotatable bonds is 9. The second-order valence-corrected chi connectivity index (χ2v) is 10.8. The standard InChI is InChI=1S/C31H33N2O4/c1-20(2)13-14-33-26-12-8-6-10-24(26)31(3,4)27(33)17-22-29(35)28(30(22)36)23-18-32(15-16-37-19-34)25-11-7-5-9-21(23)25/h5-12,17-20,28H,13-16H2,1-4H3/q+1. The van der Waals surface area contributed by atoms with Crippen LogP contribution in [0.4, 0.5) is 5.69 Å². The molecular formula is C31H33N2O4+. The fourth-order valence-corrected chi connectivity index (χ4v) is 5.65. The Kier molecular flexibility index (Phi) is 6.44. The molecule has 6 heteroatoms. The van der Waals surface area contributed by atoms with E-state index in [9.17, 15) is 14.4 Å². The molecule has 1 aromatic heterocycles. The van der Waals surface area contributed by atoms with Gasteiger partial charge >= 0.3 is 0 Å². The summed E-state index contributed by atoms with van der Waals surface area (Å²) >= 11 is 0. The van der Waals surface area contributed by atoms with Crippen molar-refractivity contribution in [2.75, 3.05) is 13.2 Å². The van der Waals surface area contributed by atoms with Crippen molar-refractivity contribution in [1.82, 2.24) is 4.57 Å². The van der Waals surface area contributed by atoms with Gasteiger partial charge in [0.15, 0.2) is 17.3 Å². The van der Waals surface area contributed by atoms with Gasteiger partial charge in [-0.25, -0.2) is 0 Å². The first-order valence-corrected chi connectivity index (χ1v) is 12.9. The van der Waals surface area contributed by atoms with Gasteiger partial charge in [0.2, 0.25) is 5.69 Å². The van der Waals surface area contributed by atoms with Gasteiger partial charge in [-0.05, 0) is 31.4 Å². The Balaban J connectivity index is 1.52. The molecule has 0 saturated heterocycles. The van der Waals surface area contributed by atoms with Gasteiger partial charge in [0, 0.05) is 41.2 Å². The minimum absolute atomic E-state index is 0.139. The Hall–Kier alpha value is -3.80. The number of aromatic nitrogens is 1. The van der Waals surface area contributed by atoms with Gasteiger partial charge < -0.3 is 9.30 Å². The highest BCUT2D eigenvalue weighted by atomic mass is 16.5. The molecule has 3 aromatic rings. The van der Waals surface area contributed by atoms with Crippen molar-refractivity contribution in [2.24, 2.45) is 5.92 Å². The van der Waals surface area contributed by atoms with E-state index in [-0.39, 0.29) is 29.2 Å². The molecule has 0 amide bonds. The molecule has 2 aliphatic rings. The quantitative estimate of drug-likeness (QED) is 0.103. The summed E-state index contributed by atoms with van der Waals surface area (Å²) in [7, 11) is 0. The maximum atomic E-state index is 13.5. The number of carbonyl (C=O) groups excluding carboxylic acids is 3. The normalized spacial score (nSPS) is 18.4. The van der Waals surface area contributed by atoms with E-state index in [0.29, 0.717) is 24.5 Å². The number of allylic oxidation sites excluding steroid dienone is 2. The van der Waals surface area contributed by atoms with E-state index < -0.39 is 5.92 Å². The number of fused-ring (bicyclic) bond motifs is 2. The number of para-hydroxylation sites is 2. The van der Waals surface area contributed by atoms with Crippen LogP contribution in [0.1, 0.15) is 51.2 Å². The molecule has 1 saturated carbocycles. The Morgan fingerprint density at radius 1 is 1.05 bits per heavy atom. The topological polar surface area (TPSA) is 68.4 Å². The summed E-state index contributed by atoms with van der Waals surface area (Å²) in [6.45, 7) is 10.7. The molecule has 1 aliphatic carbocycles. The van der Waals surface area contributed by atoms with Gasteiger partial charge in [0.25, 0.3) is 6.47 Å². The summed E-state index contributed by atoms with van der Waals surface area (Å²) < 4.78 is 9.10. The van der Waals surface area contributed by atoms with E-state index in [0.717, 1.165) is 35.3 Å². The minimum Gasteiger partial charge on any atom is -0.466 e. The van der Waals surface area contributed by atoms with E-state index in [1.807, 2.05) is 53.2 Å². The van der Waals surface area contributed by atoms with Crippen molar-refractivity contribution in [2.45, 2.75) is 52.0 Å². The molecule has 2 aromatic carbocycles. The van der Waals surface area contributed by atoms with Crippen LogP contribution in [-0.4, -0.2) is 46.0 Å². The van der Waals surface area contributed by atoms with Gasteiger partial charge in [-0.3, -0.25) is 14.4 Å². The molecule has 37 heavy (non-hydrogen) atoms. The maximum Gasteiger partial charge on any atom is 0.293 e. The van der Waals surface area contributed by atoms with Crippen LogP contribution in [0.15, 0.2) is 66.4 Å². The van der Waals surface area contributed by atoms with Crippen LogP contribution in [0, 0.1) is 5.92 Å². The number of ketones is 2. The molecule has 0 bridgehead atoms. The van der Waals surface area contributed by atoms with E-state index in [1.54, 1.807) is 0 Å². The highest BCUT2D eigenvalue weighted by Gasteiger charge is 2.50. The SMILES string of the molecule is CC(C)CC[N+]1=C(C=C2C(=O)C(c3cn(CCOC=O)c4ccccc34)C2=O)C(C)(C)c2ccccc21. The van der Waals surface area contributed by atoms with Crippen LogP contribution in [-0.2, 0) is 31.1 Å². The first kappa shape index (κ1) is 24.9. The molecule has 5 rings (SSSR count). The molecule has 190 valence electrons. The van der Waals surface area contributed by atoms with Gasteiger partial charge in [-0.2, -0.15) is 4.58 Å². The van der Waals surface area contributed by atoms with E-state index in [2.05, 4.69) is 44.4 Å². The van der Waals surface area contributed by atoms with Gasteiger partial charge in [0.1, 0.15) is 19.1 Å². The lowest BCUT2D eigenvalue weighted by atomic mass is 9.71. The van der Waals surface area contributed by atoms with Gasteiger partial charge in [-0.1, -0.05) is 50.2 Å². The molecule has 1 aliphatic heterocycles. The molecule has 0 N–H and O–H groups in total. The number of hydrogen-bond acceptors (Lipinski definition) is 4. The number of benzene rings is 2. The first-order valence-electron chi connectivity index (χ1n) is 12.9. The minimum atomic E-state index is -0.805. The van der Waals surface area contributed by atoms with Crippen LogP contribution in [0.2, 0.25) is 0 Å². The third-order valence-corrected chi connectivity index (χ3v) is 7.71. The van der Waals surface area contributed by atoms with Crippen LogP contribution in [0.25, 0.3) is 10.9 Å². The number of nitrogens with zero attached hydrogens (tertiary/aromatic N) is 2. The Morgan fingerprint density at radius 3 is 2.49 bits per heavy atom. The maximum absolute atomic E-state index is 13.5. The molecule has 6 nitrogen and oxygen atoms in total. The summed E-state index contributed by atoms with van der Waals surface area (Å²) in [6.07, 6.45) is 4.71. The number of hydrogen-bond donors (Lipinski definition) is 0. The fraction of sp³-hybridized carbons (Fsp3) is 0.355. The molecule has 0 spiro atoms. The van der Waals surface area contributed by atoms with Gasteiger partial charge in [0.05, 0.1) is 17.5 Å². The van der Waals surface area contributed by atoms with E-state index >= 15 is 0 Å². The van der Waals surface area contributed by atoms with Crippen LogP contribution < -0.4 is 0 Å². The zero-order chi connectivity index (χ0) is 26.3. The van der Waals surface area contributed by atoms with Gasteiger partial charge in [-0.15, -0.1) is 0 Å². The average molecular weight is 498 g/mol. The van der Waals surface area contributed by atoms with Crippen molar-refractivity contribution >= 4 is 40.3 Å². The second-order valence-electron chi connectivity index (χ2n) is 10.8. The number of Topliss-reactive ketones (excluding diaryl/α,β-unsaturated/α-hetero) is 2. The smallest absolute Gasteiger partial charge is 0.293 e. The average Bonchev–Trinajstić information content (AvgIpc) is 3.33. The lowest BCUT2D eigenvalue weighted by Crippen LogP contribution is -2.40. The Morgan fingerprint density at radius 2 is 1.76 bits per heavy atom. The summed E-state index contributed by atoms with van der Waals surface area (Å²) in [6, 6.07) is 16.1. The molecule has 1 fully saturated rings. The largest absolute Gasteiger partial charge is 0.466 e. The Labute approximate surface area is 217 Å². The summed E-state index contributed by atoms with van der Waals surface area (Å²) in [5.41, 5.74) is 4.94. The number of carbonyl (C=O) groups is 3.